The van der Waals surface area contributed by atoms with Crippen LogP contribution in [0.2, 0.25) is 0 Å². The van der Waals surface area contributed by atoms with E-state index in [0.29, 0.717) is 6.54 Å². The smallest absolute Gasteiger partial charge is 0.252 e. The van der Waals surface area contributed by atoms with Crippen molar-refractivity contribution in [1.82, 2.24) is 9.55 Å². The fourth-order valence-corrected chi connectivity index (χ4v) is 1.85. The zero-order valence-corrected chi connectivity index (χ0v) is 10.2. The van der Waals surface area contributed by atoms with Gasteiger partial charge in [0, 0.05) is 24.2 Å². The second kappa shape index (κ2) is 4.95. The molecule has 0 N–H and O–H groups in total. The number of nitrogens with zero attached hydrogens (tertiary/aromatic N) is 2. The minimum Gasteiger partial charge on any atom is -0.289 e. The molecule has 88 valence electrons. The van der Waals surface area contributed by atoms with Crippen LogP contribution in [0.15, 0.2) is 41.3 Å². The molecule has 0 amide bonds. The molecule has 0 saturated carbocycles. The molecule has 0 unspecified atom stereocenters. The quantitative estimate of drug-likeness (QED) is 0.757. The molecular formula is C14H16N2O. The van der Waals surface area contributed by atoms with Crippen LogP contribution in [0.4, 0.5) is 0 Å². The van der Waals surface area contributed by atoms with Crippen LogP contribution >= 0.6 is 0 Å². The Bertz CT molecular complexity index is 611. The zero-order valence-electron chi connectivity index (χ0n) is 10.2. The number of allylic oxidation sites excluding steroid dienone is 2. The highest BCUT2D eigenvalue weighted by Crippen LogP contribution is 2.13. The fraction of sp³-hybridized carbons (Fsp3) is 0.286. The van der Waals surface area contributed by atoms with E-state index in [1.165, 1.54) is 0 Å². The van der Waals surface area contributed by atoms with Crippen LogP contribution in [0.3, 0.4) is 0 Å². The van der Waals surface area contributed by atoms with Crippen molar-refractivity contribution in [2.24, 2.45) is 0 Å². The fourth-order valence-electron chi connectivity index (χ4n) is 1.85. The summed E-state index contributed by atoms with van der Waals surface area (Å²) in [5.74, 6) is 0. The van der Waals surface area contributed by atoms with E-state index in [4.69, 9.17) is 0 Å². The summed E-state index contributed by atoms with van der Waals surface area (Å²) < 4.78 is 1.70. The van der Waals surface area contributed by atoms with Crippen molar-refractivity contribution in [2.75, 3.05) is 0 Å². The molecule has 0 fully saturated rings. The molecule has 2 rings (SSSR count). The molecule has 0 radical (unpaired) electrons. The molecule has 0 aliphatic rings. The van der Waals surface area contributed by atoms with E-state index in [1.54, 1.807) is 16.8 Å². The van der Waals surface area contributed by atoms with E-state index in [9.17, 15) is 4.79 Å². The summed E-state index contributed by atoms with van der Waals surface area (Å²) in [4.78, 5) is 16.1. The Morgan fingerprint density at radius 2 is 2.12 bits per heavy atom. The van der Waals surface area contributed by atoms with E-state index in [-0.39, 0.29) is 5.56 Å². The van der Waals surface area contributed by atoms with Crippen molar-refractivity contribution in [3.63, 3.8) is 0 Å². The Balaban J connectivity index is 2.60. The monoisotopic (exact) mass is 228 g/mol. The van der Waals surface area contributed by atoms with Gasteiger partial charge in [-0.25, -0.2) is 4.98 Å². The predicted molar refractivity (Wildman–Crippen MR) is 70.2 cm³/mol. The summed E-state index contributed by atoms with van der Waals surface area (Å²) in [6.45, 7) is 4.69. The molecule has 0 spiro atoms. The Morgan fingerprint density at radius 1 is 1.29 bits per heavy atom. The molecule has 0 bridgehead atoms. The summed E-state index contributed by atoms with van der Waals surface area (Å²) in [6.07, 6.45) is 6.79. The van der Waals surface area contributed by atoms with Crippen LogP contribution in [-0.2, 0) is 6.54 Å². The minimum absolute atomic E-state index is 0.00338. The molecule has 3 heteroatoms. The maximum Gasteiger partial charge on any atom is 0.252 e. The molecule has 0 aliphatic heterocycles. The highest BCUT2D eigenvalue weighted by Gasteiger charge is 2.04. The Hall–Kier alpha value is -1.90. The number of aryl methyl sites for hydroxylation is 1. The van der Waals surface area contributed by atoms with Crippen LogP contribution in [0.5, 0.6) is 0 Å². The lowest BCUT2D eigenvalue weighted by Gasteiger charge is -2.07. The number of pyridine rings is 2. The summed E-state index contributed by atoms with van der Waals surface area (Å²) in [5, 5.41) is 1.04. The SMILES string of the molecule is CCC=CCn1c(=O)ccc2c(C)ccnc21. The summed E-state index contributed by atoms with van der Waals surface area (Å²) in [5.41, 5.74) is 1.90. The number of fused-ring (bicyclic) bond motifs is 1. The minimum atomic E-state index is -0.00338. The normalized spacial score (nSPS) is 11.4. The Morgan fingerprint density at radius 3 is 2.88 bits per heavy atom. The average molecular weight is 228 g/mol. The van der Waals surface area contributed by atoms with Gasteiger partial charge in [0.25, 0.3) is 5.56 Å². The third-order valence-corrected chi connectivity index (χ3v) is 2.79. The molecule has 2 heterocycles. The lowest BCUT2D eigenvalue weighted by atomic mass is 10.2. The van der Waals surface area contributed by atoms with Crippen LogP contribution in [-0.4, -0.2) is 9.55 Å². The summed E-state index contributed by atoms with van der Waals surface area (Å²) >= 11 is 0. The summed E-state index contributed by atoms with van der Waals surface area (Å²) in [6, 6.07) is 5.41. The second-order valence-electron chi connectivity index (χ2n) is 4.03. The number of rotatable bonds is 3. The maximum atomic E-state index is 11.8. The van der Waals surface area contributed by atoms with Crippen LogP contribution < -0.4 is 5.56 Å². The van der Waals surface area contributed by atoms with Gasteiger partial charge >= 0.3 is 0 Å². The lowest BCUT2D eigenvalue weighted by molar-refractivity contribution is 0.801. The van der Waals surface area contributed by atoms with E-state index in [2.05, 4.69) is 18.0 Å². The molecule has 2 aromatic rings. The van der Waals surface area contributed by atoms with E-state index in [0.717, 1.165) is 23.0 Å². The summed E-state index contributed by atoms with van der Waals surface area (Å²) in [7, 11) is 0. The van der Waals surface area contributed by atoms with Gasteiger partial charge in [-0.1, -0.05) is 19.1 Å². The van der Waals surface area contributed by atoms with Crippen molar-refractivity contribution in [3.05, 3.63) is 52.5 Å². The molecule has 0 aromatic carbocycles. The molecule has 0 aliphatic carbocycles. The zero-order chi connectivity index (χ0) is 12.3. The molecule has 3 nitrogen and oxygen atoms in total. The number of hydrogen-bond acceptors (Lipinski definition) is 2. The van der Waals surface area contributed by atoms with Gasteiger partial charge in [-0.05, 0) is 31.0 Å². The van der Waals surface area contributed by atoms with E-state index >= 15 is 0 Å². The van der Waals surface area contributed by atoms with Gasteiger partial charge in [0.1, 0.15) is 5.65 Å². The van der Waals surface area contributed by atoms with Crippen molar-refractivity contribution in [3.8, 4) is 0 Å². The Labute approximate surface area is 100 Å². The van der Waals surface area contributed by atoms with Crippen molar-refractivity contribution in [1.29, 1.82) is 0 Å². The average Bonchev–Trinajstić information content (AvgIpc) is 2.32. The van der Waals surface area contributed by atoms with Gasteiger partial charge in [-0.3, -0.25) is 9.36 Å². The van der Waals surface area contributed by atoms with Gasteiger partial charge in [0.15, 0.2) is 0 Å². The largest absolute Gasteiger partial charge is 0.289 e. The van der Waals surface area contributed by atoms with Crippen LogP contribution in [0.1, 0.15) is 18.9 Å². The first-order chi connectivity index (χ1) is 8.24. The van der Waals surface area contributed by atoms with Crippen LogP contribution in [0.25, 0.3) is 11.0 Å². The first-order valence-corrected chi connectivity index (χ1v) is 5.84. The molecular weight excluding hydrogens is 212 g/mol. The first-order valence-electron chi connectivity index (χ1n) is 5.84. The number of hydrogen-bond donors (Lipinski definition) is 0. The topological polar surface area (TPSA) is 34.9 Å². The number of aromatic nitrogens is 2. The molecule has 2 aromatic heterocycles. The second-order valence-corrected chi connectivity index (χ2v) is 4.03. The van der Waals surface area contributed by atoms with Gasteiger partial charge in [-0.2, -0.15) is 0 Å². The molecule has 0 atom stereocenters. The predicted octanol–water partition coefficient (Wildman–Crippen LogP) is 2.67. The first kappa shape index (κ1) is 11.6. The van der Waals surface area contributed by atoms with E-state index < -0.39 is 0 Å². The standard InChI is InChI=1S/C14H16N2O/c1-3-4-5-10-16-13(17)7-6-12-11(2)8-9-15-14(12)16/h4-9H,3,10H2,1-2H3. The van der Waals surface area contributed by atoms with Crippen molar-refractivity contribution < 1.29 is 0 Å². The highest BCUT2D eigenvalue weighted by molar-refractivity contribution is 5.78. The van der Waals surface area contributed by atoms with Gasteiger partial charge in [0.2, 0.25) is 0 Å². The van der Waals surface area contributed by atoms with Gasteiger partial charge in [0.05, 0.1) is 0 Å². The van der Waals surface area contributed by atoms with Crippen molar-refractivity contribution in [2.45, 2.75) is 26.8 Å². The Kier molecular flexibility index (Phi) is 3.38. The maximum absolute atomic E-state index is 11.8. The third kappa shape index (κ3) is 2.28. The third-order valence-electron chi connectivity index (χ3n) is 2.79. The highest BCUT2D eigenvalue weighted by atomic mass is 16.1. The van der Waals surface area contributed by atoms with Gasteiger partial charge in [-0.15, -0.1) is 0 Å². The van der Waals surface area contributed by atoms with Crippen molar-refractivity contribution >= 4 is 11.0 Å². The molecule has 17 heavy (non-hydrogen) atoms. The van der Waals surface area contributed by atoms with Crippen LogP contribution in [0, 0.1) is 6.92 Å². The molecule has 0 saturated heterocycles. The van der Waals surface area contributed by atoms with Gasteiger partial charge < -0.3 is 0 Å². The van der Waals surface area contributed by atoms with E-state index in [1.807, 2.05) is 25.1 Å². The lowest BCUT2D eigenvalue weighted by Crippen LogP contribution is -2.19.